The number of rotatable bonds is 3. The summed E-state index contributed by atoms with van der Waals surface area (Å²) in [6.07, 6.45) is -2.99. The standard InChI is InChI=1S/C20H17F3N6O2S/c21-20(22,23)14-6-2-1-5-13(14)17(30)28-9-11-29(12-10-28)19(31)25-18-27-26-16(32-18)15-7-3-4-8-24-15/h1-8H,9-12H2,(H,25,27,31). The van der Waals surface area contributed by atoms with Crippen LogP contribution in [0.5, 0.6) is 0 Å². The van der Waals surface area contributed by atoms with E-state index in [0.717, 1.165) is 6.07 Å². The summed E-state index contributed by atoms with van der Waals surface area (Å²) in [5.74, 6) is -0.706. The number of hydrogen-bond acceptors (Lipinski definition) is 6. The molecule has 4 rings (SSSR count). The number of benzene rings is 1. The molecule has 12 heteroatoms. The highest BCUT2D eigenvalue weighted by molar-refractivity contribution is 7.18. The summed E-state index contributed by atoms with van der Waals surface area (Å²) in [6.45, 7) is 0.594. The van der Waals surface area contributed by atoms with E-state index in [4.69, 9.17) is 0 Å². The molecule has 3 heterocycles. The summed E-state index contributed by atoms with van der Waals surface area (Å²) in [5.41, 5.74) is -0.726. The topological polar surface area (TPSA) is 91.3 Å². The van der Waals surface area contributed by atoms with Gasteiger partial charge in [0.25, 0.3) is 5.91 Å². The zero-order valence-corrected chi connectivity index (χ0v) is 17.4. The summed E-state index contributed by atoms with van der Waals surface area (Å²) < 4.78 is 39.6. The first-order chi connectivity index (χ1) is 15.3. The molecule has 0 spiro atoms. The molecular weight excluding hydrogens is 445 g/mol. The third-order valence-electron chi connectivity index (χ3n) is 4.84. The molecule has 166 valence electrons. The van der Waals surface area contributed by atoms with Gasteiger partial charge >= 0.3 is 12.2 Å². The Labute approximate surface area is 184 Å². The van der Waals surface area contributed by atoms with Crippen LogP contribution >= 0.6 is 11.3 Å². The maximum atomic E-state index is 13.2. The van der Waals surface area contributed by atoms with Crippen LogP contribution in [0.1, 0.15) is 15.9 Å². The number of nitrogens with zero attached hydrogens (tertiary/aromatic N) is 5. The Kier molecular flexibility index (Phi) is 6.04. The van der Waals surface area contributed by atoms with Gasteiger partial charge in [0.15, 0.2) is 5.01 Å². The summed E-state index contributed by atoms with van der Waals surface area (Å²) >= 11 is 1.17. The monoisotopic (exact) mass is 462 g/mol. The first-order valence-corrected chi connectivity index (χ1v) is 10.4. The largest absolute Gasteiger partial charge is 0.417 e. The van der Waals surface area contributed by atoms with Crippen LogP contribution in [0.15, 0.2) is 48.7 Å². The molecule has 2 aromatic heterocycles. The minimum Gasteiger partial charge on any atom is -0.335 e. The molecule has 8 nitrogen and oxygen atoms in total. The molecule has 32 heavy (non-hydrogen) atoms. The fourth-order valence-electron chi connectivity index (χ4n) is 3.24. The van der Waals surface area contributed by atoms with E-state index in [1.807, 2.05) is 6.07 Å². The first kappa shape index (κ1) is 21.7. The predicted molar refractivity (Wildman–Crippen MR) is 111 cm³/mol. The van der Waals surface area contributed by atoms with E-state index in [1.54, 1.807) is 18.3 Å². The number of hydrogen-bond donors (Lipinski definition) is 1. The quantitative estimate of drug-likeness (QED) is 0.642. The lowest BCUT2D eigenvalue weighted by atomic mass is 10.1. The maximum absolute atomic E-state index is 13.2. The number of halogens is 3. The van der Waals surface area contributed by atoms with Crippen molar-refractivity contribution in [1.29, 1.82) is 0 Å². The second-order valence-corrected chi connectivity index (χ2v) is 7.86. The lowest BCUT2D eigenvalue weighted by molar-refractivity contribution is -0.138. The summed E-state index contributed by atoms with van der Waals surface area (Å²) in [4.78, 5) is 32.2. The van der Waals surface area contributed by atoms with E-state index in [2.05, 4.69) is 20.5 Å². The van der Waals surface area contributed by atoms with Crippen molar-refractivity contribution >= 4 is 28.4 Å². The number of alkyl halides is 3. The molecule has 1 aliphatic heterocycles. The third-order valence-corrected chi connectivity index (χ3v) is 5.70. The lowest BCUT2D eigenvalue weighted by Gasteiger charge is -2.34. The number of nitrogens with one attached hydrogen (secondary N) is 1. The highest BCUT2D eigenvalue weighted by Crippen LogP contribution is 2.32. The van der Waals surface area contributed by atoms with Gasteiger partial charge in [0, 0.05) is 32.4 Å². The molecule has 3 amide bonds. The van der Waals surface area contributed by atoms with Gasteiger partial charge in [-0.2, -0.15) is 13.2 Å². The Morgan fingerprint density at radius 1 is 0.938 bits per heavy atom. The van der Waals surface area contributed by atoms with Crippen LogP contribution in [0.2, 0.25) is 0 Å². The second-order valence-electron chi connectivity index (χ2n) is 6.88. The van der Waals surface area contributed by atoms with Crippen molar-refractivity contribution in [2.45, 2.75) is 6.18 Å². The van der Waals surface area contributed by atoms with Gasteiger partial charge < -0.3 is 9.80 Å². The predicted octanol–water partition coefficient (Wildman–Crippen LogP) is 3.61. The summed E-state index contributed by atoms with van der Waals surface area (Å²) in [6, 6.07) is 9.64. The smallest absolute Gasteiger partial charge is 0.335 e. The van der Waals surface area contributed by atoms with Crippen LogP contribution in [-0.2, 0) is 6.18 Å². The summed E-state index contributed by atoms with van der Waals surface area (Å²) in [5, 5.41) is 11.5. The minimum atomic E-state index is -4.62. The Hall–Kier alpha value is -3.54. The highest BCUT2D eigenvalue weighted by Gasteiger charge is 2.36. The van der Waals surface area contributed by atoms with Crippen LogP contribution < -0.4 is 5.32 Å². The molecule has 0 atom stereocenters. The second kappa shape index (κ2) is 8.91. The number of carbonyl (C=O) groups excluding carboxylic acids is 2. The zero-order chi connectivity index (χ0) is 22.7. The van der Waals surface area contributed by atoms with Crippen LogP contribution in [0.3, 0.4) is 0 Å². The molecule has 0 unspecified atom stereocenters. The molecule has 0 radical (unpaired) electrons. The average Bonchev–Trinajstić information content (AvgIpc) is 3.27. The van der Waals surface area contributed by atoms with Crippen molar-refractivity contribution < 1.29 is 22.8 Å². The third kappa shape index (κ3) is 4.69. The molecule has 1 N–H and O–H groups in total. The van der Waals surface area contributed by atoms with Gasteiger partial charge in [-0.05, 0) is 24.3 Å². The Balaban J connectivity index is 1.36. The van der Waals surface area contributed by atoms with Crippen LogP contribution in [0.25, 0.3) is 10.7 Å². The van der Waals surface area contributed by atoms with Gasteiger partial charge in [-0.25, -0.2) is 4.79 Å². The van der Waals surface area contributed by atoms with Crippen molar-refractivity contribution in [2.75, 3.05) is 31.5 Å². The molecule has 1 fully saturated rings. The molecule has 1 aromatic carbocycles. The number of urea groups is 1. The van der Waals surface area contributed by atoms with E-state index in [9.17, 15) is 22.8 Å². The molecule has 3 aromatic rings. The first-order valence-electron chi connectivity index (χ1n) is 9.59. The Morgan fingerprint density at radius 3 is 2.31 bits per heavy atom. The Morgan fingerprint density at radius 2 is 1.62 bits per heavy atom. The number of pyridine rings is 1. The fourth-order valence-corrected chi connectivity index (χ4v) is 3.95. The normalized spacial score (nSPS) is 14.3. The van der Waals surface area contributed by atoms with Gasteiger partial charge in [-0.1, -0.05) is 29.5 Å². The maximum Gasteiger partial charge on any atom is 0.417 e. The van der Waals surface area contributed by atoms with Crippen molar-refractivity contribution in [3.8, 4) is 10.7 Å². The number of anilines is 1. The van der Waals surface area contributed by atoms with E-state index < -0.39 is 29.2 Å². The lowest BCUT2D eigenvalue weighted by Crippen LogP contribution is -2.51. The minimum absolute atomic E-state index is 0.119. The molecule has 0 saturated carbocycles. The van der Waals surface area contributed by atoms with Crippen LogP contribution in [-0.4, -0.2) is 63.1 Å². The van der Waals surface area contributed by atoms with E-state index in [0.29, 0.717) is 15.8 Å². The van der Waals surface area contributed by atoms with Gasteiger partial charge in [0.2, 0.25) is 5.13 Å². The molecule has 1 aliphatic rings. The van der Waals surface area contributed by atoms with E-state index >= 15 is 0 Å². The summed E-state index contributed by atoms with van der Waals surface area (Å²) in [7, 11) is 0. The van der Waals surface area contributed by atoms with Crippen LogP contribution in [0.4, 0.5) is 23.1 Å². The van der Waals surface area contributed by atoms with Crippen molar-refractivity contribution in [3.63, 3.8) is 0 Å². The SMILES string of the molecule is O=C(Nc1nnc(-c2ccccn2)s1)N1CCN(C(=O)c2ccccc2C(F)(F)F)CC1. The average molecular weight is 462 g/mol. The van der Waals surface area contributed by atoms with Gasteiger partial charge in [-0.15, -0.1) is 10.2 Å². The van der Waals surface area contributed by atoms with E-state index in [-0.39, 0.29) is 26.2 Å². The Bertz CT molecular complexity index is 1110. The molecular formula is C20H17F3N6O2S. The van der Waals surface area contributed by atoms with Crippen molar-refractivity contribution in [1.82, 2.24) is 25.0 Å². The molecule has 0 bridgehead atoms. The van der Waals surface area contributed by atoms with Crippen molar-refractivity contribution in [2.24, 2.45) is 0 Å². The van der Waals surface area contributed by atoms with Crippen molar-refractivity contribution in [3.05, 3.63) is 59.8 Å². The van der Waals surface area contributed by atoms with Gasteiger partial charge in [-0.3, -0.25) is 15.1 Å². The number of amides is 3. The number of aromatic nitrogens is 3. The highest BCUT2D eigenvalue weighted by atomic mass is 32.1. The molecule has 1 saturated heterocycles. The molecule has 0 aliphatic carbocycles. The van der Waals surface area contributed by atoms with E-state index in [1.165, 1.54) is 39.3 Å². The number of carbonyl (C=O) groups is 2. The van der Waals surface area contributed by atoms with Gasteiger partial charge in [0.05, 0.1) is 11.1 Å². The van der Waals surface area contributed by atoms with Crippen LogP contribution in [0, 0.1) is 0 Å². The number of piperazine rings is 1. The van der Waals surface area contributed by atoms with Gasteiger partial charge in [0.1, 0.15) is 5.69 Å². The fraction of sp³-hybridized carbons (Fsp3) is 0.250. The zero-order valence-electron chi connectivity index (χ0n) is 16.5.